The van der Waals surface area contributed by atoms with Crippen LogP contribution in [0, 0.1) is 5.92 Å². The maximum absolute atomic E-state index is 13.2. The topological polar surface area (TPSA) is 77.1 Å². The van der Waals surface area contributed by atoms with E-state index in [1.54, 1.807) is 50.5 Å². The summed E-state index contributed by atoms with van der Waals surface area (Å²) in [7, 11) is 4.85. The van der Waals surface area contributed by atoms with Gasteiger partial charge < -0.3 is 24.4 Å². The van der Waals surface area contributed by atoms with E-state index in [0.717, 1.165) is 17.7 Å². The van der Waals surface area contributed by atoms with Gasteiger partial charge in [-0.2, -0.15) is 0 Å². The highest BCUT2D eigenvalue weighted by Gasteiger charge is 2.41. The van der Waals surface area contributed by atoms with Gasteiger partial charge >= 0.3 is 0 Å². The number of nitrogens with zero attached hydrogens (tertiary/aromatic N) is 1. The minimum atomic E-state index is -0.360. The molecule has 0 spiro atoms. The zero-order valence-electron chi connectivity index (χ0n) is 18.3. The summed E-state index contributed by atoms with van der Waals surface area (Å²) < 4.78 is 15.8. The maximum atomic E-state index is 13.2. The molecule has 1 N–H and O–H groups in total. The van der Waals surface area contributed by atoms with E-state index in [1.165, 1.54) is 0 Å². The first-order valence-electron chi connectivity index (χ1n) is 10.4. The summed E-state index contributed by atoms with van der Waals surface area (Å²) in [5.41, 5.74) is 1.51. The number of para-hydroxylation sites is 1. The summed E-state index contributed by atoms with van der Waals surface area (Å²) >= 11 is 0. The Kier molecular flexibility index (Phi) is 7.89. The van der Waals surface area contributed by atoms with Crippen LogP contribution in [0.2, 0.25) is 0 Å². The average Bonchev–Trinajstić information content (AvgIpc) is 3.26. The van der Waals surface area contributed by atoms with Crippen molar-refractivity contribution in [2.24, 2.45) is 5.92 Å². The van der Waals surface area contributed by atoms with E-state index in [-0.39, 0.29) is 23.7 Å². The molecule has 2 atom stereocenters. The molecule has 1 fully saturated rings. The van der Waals surface area contributed by atoms with Crippen LogP contribution in [0.5, 0.6) is 11.5 Å². The molecule has 1 heterocycles. The SMILES string of the molecule is COCCCNC(=O)C1CN(C(=O)c2ccc(OC)cc2)CC1c1ccccc1OC. The first-order chi connectivity index (χ1) is 15.1. The predicted octanol–water partition coefficient (Wildman–Crippen LogP) is 2.71. The third-order valence-corrected chi connectivity index (χ3v) is 5.64. The van der Waals surface area contributed by atoms with Gasteiger partial charge in [-0.3, -0.25) is 9.59 Å². The summed E-state index contributed by atoms with van der Waals surface area (Å²) in [6.45, 7) is 1.92. The van der Waals surface area contributed by atoms with Crippen molar-refractivity contribution < 1.29 is 23.8 Å². The number of carbonyl (C=O) groups is 2. The van der Waals surface area contributed by atoms with E-state index < -0.39 is 0 Å². The lowest BCUT2D eigenvalue weighted by molar-refractivity contribution is -0.125. The molecule has 0 saturated carbocycles. The zero-order valence-corrected chi connectivity index (χ0v) is 18.3. The molecule has 31 heavy (non-hydrogen) atoms. The summed E-state index contributed by atoms with van der Waals surface area (Å²) in [6.07, 6.45) is 0.739. The minimum Gasteiger partial charge on any atom is -0.497 e. The number of hydrogen-bond acceptors (Lipinski definition) is 5. The van der Waals surface area contributed by atoms with E-state index >= 15 is 0 Å². The average molecular weight is 427 g/mol. The fourth-order valence-electron chi connectivity index (χ4n) is 4.00. The monoisotopic (exact) mass is 426 g/mol. The van der Waals surface area contributed by atoms with E-state index in [4.69, 9.17) is 14.2 Å². The van der Waals surface area contributed by atoms with E-state index in [9.17, 15) is 9.59 Å². The van der Waals surface area contributed by atoms with Gasteiger partial charge in [0.25, 0.3) is 5.91 Å². The van der Waals surface area contributed by atoms with Gasteiger partial charge in [0.15, 0.2) is 0 Å². The molecule has 0 aromatic heterocycles. The first kappa shape index (κ1) is 22.6. The highest BCUT2D eigenvalue weighted by Crippen LogP contribution is 2.38. The van der Waals surface area contributed by atoms with Crippen molar-refractivity contribution in [1.29, 1.82) is 0 Å². The quantitative estimate of drug-likeness (QED) is 0.624. The third-order valence-electron chi connectivity index (χ3n) is 5.64. The lowest BCUT2D eigenvalue weighted by Crippen LogP contribution is -2.36. The Morgan fingerprint density at radius 2 is 1.74 bits per heavy atom. The number of nitrogens with one attached hydrogen (secondary N) is 1. The fourth-order valence-corrected chi connectivity index (χ4v) is 4.00. The third kappa shape index (κ3) is 5.35. The molecule has 2 unspecified atom stereocenters. The van der Waals surface area contributed by atoms with Crippen LogP contribution in [0.4, 0.5) is 0 Å². The summed E-state index contributed by atoms with van der Waals surface area (Å²) in [6, 6.07) is 14.7. The van der Waals surface area contributed by atoms with Gasteiger partial charge in [-0.15, -0.1) is 0 Å². The smallest absolute Gasteiger partial charge is 0.253 e. The molecule has 3 rings (SSSR count). The van der Waals surface area contributed by atoms with Gasteiger partial charge in [-0.05, 0) is 42.3 Å². The van der Waals surface area contributed by atoms with Gasteiger partial charge in [-0.25, -0.2) is 0 Å². The lowest BCUT2D eigenvalue weighted by atomic mass is 9.87. The largest absolute Gasteiger partial charge is 0.497 e. The van der Waals surface area contributed by atoms with Crippen LogP contribution in [-0.4, -0.2) is 64.3 Å². The molecule has 1 saturated heterocycles. The molecule has 1 aliphatic rings. The van der Waals surface area contributed by atoms with Gasteiger partial charge in [0.2, 0.25) is 5.91 Å². The maximum Gasteiger partial charge on any atom is 0.253 e. The van der Waals surface area contributed by atoms with Gasteiger partial charge in [0.1, 0.15) is 11.5 Å². The van der Waals surface area contributed by atoms with Crippen molar-refractivity contribution in [3.63, 3.8) is 0 Å². The Hall–Kier alpha value is -3.06. The number of ether oxygens (including phenoxy) is 3. The van der Waals surface area contributed by atoms with Crippen molar-refractivity contribution >= 4 is 11.8 Å². The second-order valence-electron chi connectivity index (χ2n) is 7.53. The fraction of sp³-hybridized carbons (Fsp3) is 0.417. The normalized spacial score (nSPS) is 18.0. The Bertz CT molecular complexity index is 884. The van der Waals surface area contributed by atoms with E-state index in [2.05, 4.69) is 5.32 Å². The first-order valence-corrected chi connectivity index (χ1v) is 10.4. The standard InChI is InChI=1S/C24H30N2O5/c1-29-14-6-13-25-23(27)21-16-26(24(28)17-9-11-18(30-2)12-10-17)15-20(21)19-7-4-5-8-22(19)31-3/h4-5,7-12,20-21H,6,13-16H2,1-3H3,(H,25,27). The molecule has 0 bridgehead atoms. The summed E-state index contributed by atoms with van der Waals surface area (Å²) in [5, 5.41) is 3.00. The van der Waals surface area contributed by atoms with Crippen molar-refractivity contribution in [2.75, 3.05) is 47.6 Å². The van der Waals surface area contributed by atoms with Gasteiger partial charge in [0, 0.05) is 44.8 Å². The summed E-state index contributed by atoms with van der Waals surface area (Å²) in [4.78, 5) is 27.9. The number of benzene rings is 2. The number of carbonyl (C=O) groups excluding carboxylic acids is 2. The Labute approximate surface area is 183 Å². The predicted molar refractivity (Wildman–Crippen MR) is 118 cm³/mol. The molecular weight excluding hydrogens is 396 g/mol. The van der Waals surface area contributed by atoms with Crippen LogP contribution in [0.1, 0.15) is 28.3 Å². The number of rotatable bonds is 9. The molecule has 1 aliphatic heterocycles. The lowest BCUT2D eigenvalue weighted by Gasteiger charge is -2.20. The molecule has 2 amide bonds. The van der Waals surface area contributed by atoms with Gasteiger partial charge in [-0.1, -0.05) is 18.2 Å². The van der Waals surface area contributed by atoms with Crippen LogP contribution in [0.25, 0.3) is 0 Å². The molecule has 7 heteroatoms. The van der Waals surface area contributed by atoms with Crippen LogP contribution < -0.4 is 14.8 Å². The van der Waals surface area contributed by atoms with Crippen LogP contribution in [-0.2, 0) is 9.53 Å². The number of amides is 2. The minimum absolute atomic E-state index is 0.0583. The van der Waals surface area contributed by atoms with E-state index in [1.807, 2.05) is 24.3 Å². The second kappa shape index (κ2) is 10.8. The number of methoxy groups -OCH3 is 3. The second-order valence-corrected chi connectivity index (χ2v) is 7.53. The van der Waals surface area contributed by atoms with Crippen LogP contribution >= 0.6 is 0 Å². The molecule has 2 aromatic rings. The van der Waals surface area contributed by atoms with Crippen LogP contribution in [0.3, 0.4) is 0 Å². The van der Waals surface area contributed by atoms with E-state index in [0.29, 0.717) is 37.6 Å². The summed E-state index contributed by atoms with van der Waals surface area (Å²) in [5.74, 6) is 0.748. The zero-order chi connectivity index (χ0) is 22.2. The molecular formula is C24H30N2O5. The Morgan fingerprint density at radius 1 is 1.00 bits per heavy atom. The van der Waals surface area contributed by atoms with Crippen molar-refractivity contribution in [3.8, 4) is 11.5 Å². The van der Waals surface area contributed by atoms with Crippen LogP contribution in [0.15, 0.2) is 48.5 Å². The molecule has 7 nitrogen and oxygen atoms in total. The molecule has 2 aromatic carbocycles. The molecule has 0 aliphatic carbocycles. The molecule has 166 valence electrons. The highest BCUT2D eigenvalue weighted by atomic mass is 16.5. The number of hydrogen-bond donors (Lipinski definition) is 1. The van der Waals surface area contributed by atoms with Crippen molar-refractivity contribution in [1.82, 2.24) is 10.2 Å². The van der Waals surface area contributed by atoms with Gasteiger partial charge in [0.05, 0.1) is 20.1 Å². The highest BCUT2D eigenvalue weighted by molar-refractivity contribution is 5.95. The Morgan fingerprint density at radius 3 is 2.42 bits per heavy atom. The van der Waals surface area contributed by atoms with Crippen molar-refractivity contribution in [3.05, 3.63) is 59.7 Å². The Balaban J connectivity index is 1.82. The molecule has 0 radical (unpaired) electrons. The van der Waals surface area contributed by atoms with Crippen molar-refractivity contribution in [2.45, 2.75) is 12.3 Å². The number of likely N-dealkylation sites (tertiary alicyclic amines) is 1.